The lowest BCUT2D eigenvalue weighted by molar-refractivity contribution is -0.301. The highest BCUT2D eigenvalue weighted by Gasteiger charge is 2.50. The third-order valence-electron chi connectivity index (χ3n) is 11.4. The molecular formula is C53H90O12. The molecule has 0 saturated carbocycles. The van der Waals surface area contributed by atoms with Gasteiger partial charge in [0, 0.05) is 19.3 Å². The molecule has 1 aliphatic rings. The van der Waals surface area contributed by atoms with E-state index in [0.29, 0.717) is 19.3 Å². The average molecular weight is 919 g/mol. The van der Waals surface area contributed by atoms with Gasteiger partial charge in [-0.2, -0.15) is 0 Å². The highest BCUT2D eigenvalue weighted by atomic mass is 16.7. The van der Waals surface area contributed by atoms with E-state index in [1.54, 1.807) is 0 Å². The molecule has 6 atom stereocenters. The molecule has 1 heterocycles. The van der Waals surface area contributed by atoms with Crippen molar-refractivity contribution >= 4 is 23.9 Å². The van der Waals surface area contributed by atoms with Crippen molar-refractivity contribution < 1.29 is 58.2 Å². The summed E-state index contributed by atoms with van der Waals surface area (Å²) in [6, 6.07) is 0. The van der Waals surface area contributed by atoms with Crippen molar-refractivity contribution in [2.75, 3.05) is 13.2 Å². The summed E-state index contributed by atoms with van der Waals surface area (Å²) in [7, 11) is 0. The van der Waals surface area contributed by atoms with Crippen LogP contribution in [0.1, 0.15) is 213 Å². The zero-order valence-electron chi connectivity index (χ0n) is 40.7. The number of carboxylic acids is 1. The zero-order chi connectivity index (χ0) is 47.6. The fourth-order valence-electron chi connectivity index (χ4n) is 7.43. The molecule has 65 heavy (non-hydrogen) atoms. The highest BCUT2D eigenvalue weighted by molar-refractivity contribution is 5.74. The van der Waals surface area contributed by atoms with E-state index in [4.69, 9.17) is 23.7 Å². The summed E-state index contributed by atoms with van der Waals surface area (Å²) >= 11 is 0. The van der Waals surface area contributed by atoms with Crippen LogP contribution in [0.25, 0.3) is 0 Å². The minimum absolute atomic E-state index is 0.0484. The second-order valence-electron chi connectivity index (χ2n) is 17.4. The van der Waals surface area contributed by atoms with E-state index in [1.807, 2.05) is 0 Å². The Labute approximate surface area is 393 Å². The van der Waals surface area contributed by atoms with Crippen molar-refractivity contribution in [2.24, 2.45) is 0 Å². The first-order valence-corrected chi connectivity index (χ1v) is 25.6. The van der Waals surface area contributed by atoms with E-state index >= 15 is 0 Å². The summed E-state index contributed by atoms with van der Waals surface area (Å²) in [5.74, 6) is -3.17. The molecule has 1 rings (SSSR count). The summed E-state index contributed by atoms with van der Waals surface area (Å²) in [6.07, 6.45) is 35.4. The second-order valence-corrected chi connectivity index (χ2v) is 17.4. The molecule has 6 unspecified atom stereocenters. The molecular weight excluding hydrogens is 829 g/mol. The molecule has 0 aromatic heterocycles. The maximum atomic E-state index is 13.0. The Hall–Kier alpha value is -3.32. The summed E-state index contributed by atoms with van der Waals surface area (Å²) in [6.45, 7) is 5.77. The summed E-state index contributed by atoms with van der Waals surface area (Å²) in [5.41, 5.74) is 0. The Morgan fingerprint density at radius 3 is 1.52 bits per heavy atom. The van der Waals surface area contributed by atoms with E-state index in [-0.39, 0.29) is 25.9 Å². The second kappa shape index (κ2) is 42.1. The largest absolute Gasteiger partial charge is 0.479 e. The number of aliphatic hydroxyl groups is 2. The number of ether oxygens (including phenoxy) is 5. The Morgan fingerprint density at radius 2 is 0.969 bits per heavy atom. The molecule has 0 aromatic rings. The summed E-state index contributed by atoms with van der Waals surface area (Å²) < 4.78 is 28.2. The zero-order valence-corrected chi connectivity index (χ0v) is 40.7. The van der Waals surface area contributed by atoms with Crippen molar-refractivity contribution in [3.8, 4) is 0 Å². The fraction of sp³-hybridized carbons (Fsp3) is 0.774. The van der Waals surface area contributed by atoms with Crippen molar-refractivity contribution in [2.45, 2.75) is 250 Å². The predicted molar refractivity (Wildman–Crippen MR) is 257 cm³/mol. The van der Waals surface area contributed by atoms with Crippen molar-refractivity contribution in [1.82, 2.24) is 0 Å². The first kappa shape index (κ1) is 59.7. The molecule has 12 heteroatoms. The molecule has 0 spiro atoms. The van der Waals surface area contributed by atoms with Gasteiger partial charge in [-0.25, -0.2) is 4.79 Å². The minimum Gasteiger partial charge on any atom is -0.479 e. The molecule has 3 N–H and O–H groups in total. The van der Waals surface area contributed by atoms with Gasteiger partial charge in [0.05, 0.1) is 6.61 Å². The third kappa shape index (κ3) is 32.9. The lowest BCUT2D eigenvalue weighted by Crippen LogP contribution is -2.61. The molecule has 0 aromatic carbocycles. The normalized spacial score (nSPS) is 19.4. The van der Waals surface area contributed by atoms with Gasteiger partial charge in [0.25, 0.3) is 0 Å². The fourth-order valence-corrected chi connectivity index (χ4v) is 7.43. The average Bonchev–Trinajstić information content (AvgIpc) is 3.29. The van der Waals surface area contributed by atoms with Crippen LogP contribution in [0.3, 0.4) is 0 Å². The number of carbonyl (C=O) groups excluding carboxylic acids is 3. The van der Waals surface area contributed by atoms with E-state index < -0.39 is 67.3 Å². The number of aliphatic hydroxyl groups excluding tert-OH is 2. The van der Waals surface area contributed by atoms with Crippen LogP contribution < -0.4 is 0 Å². The Balaban J connectivity index is 2.75. The maximum absolute atomic E-state index is 13.0. The molecule has 0 aliphatic carbocycles. The van der Waals surface area contributed by atoms with E-state index in [2.05, 4.69) is 69.4 Å². The van der Waals surface area contributed by atoms with Crippen LogP contribution in [0.4, 0.5) is 0 Å². The molecule has 1 fully saturated rings. The van der Waals surface area contributed by atoms with E-state index in [9.17, 15) is 34.5 Å². The quantitative estimate of drug-likeness (QED) is 0.0229. The van der Waals surface area contributed by atoms with Crippen LogP contribution in [-0.2, 0) is 42.9 Å². The Kier molecular flexibility index (Phi) is 38.6. The number of carboxylic acid groups (broad SMARTS) is 1. The van der Waals surface area contributed by atoms with Crippen LogP contribution in [-0.4, -0.2) is 89.2 Å². The number of aliphatic carboxylic acids is 1. The standard InChI is InChI=1S/C53H90O12/c1-4-7-10-13-16-19-21-23-25-28-30-33-36-39-45(54)61-42-44(63-46(55)40-37-34-31-27-18-15-12-9-6-3)43-62-53-51(49(58)48(57)50(65-53)52(59)60)64-47(56)41-38-35-32-29-26-24-22-20-17-14-11-8-5-2/h7,10,16,19-20,22-23,25,44,48-51,53,57-58H,4-6,8-9,11-15,17-18,21,24,26-43H2,1-3H3,(H,59,60)/b10-7-,19-16-,22-20-,25-23-. The van der Waals surface area contributed by atoms with Gasteiger partial charge < -0.3 is 39.0 Å². The van der Waals surface area contributed by atoms with Crippen LogP contribution in [0.5, 0.6) is 0 Å². The van der Waals surface area contributed by atoms with Crippen LogP contribution >= 0.6 is 0 Å². The van der Waals surface area contributed by atoms with Crippen LogP contribution in [0.15, 0.2) is 48.6 Å². The molecule has 0 amide bonds. The van der Waals surface area contributed by atoms with Crippen molar-refractivity contribution in [1.29, 1.82) is 0 Å². The maximum Gasteiger partial charge on any atom is 0.335 e. The number of hydrogen-bond acceptors (Lipinski definition) is 11. The van der Waals surface area contributed by atoms with Gasteiger partial charge in [-0.3, -0.25) is 14.4 Å². The number of carbonyl (C=O) groups is 4. The lowest BCUT2D eigenvalue weighted by Gasteiger charge is -2.40. The molecule has 1 aliphatic heterocycles. The van der Waals surface area contributed by atoms with Gasteiger partial charge in [0.1, 0.15) is 18.8 Å². The molecule has 374 valence electrons. The first-order valence-electron chi connectivity index (χ1n) is 25.6. The van der Waals surface area contributed by atoms with Crippen molar-refractivity contribution in [3.63, 3.8) is 0 Å². The topological polar surface area (TPSA) is 175 Å². The SMILES string of the molecule is CC/C=C\C/C=C\C/C=C\CCCCCC(=O)OCC(COC1OC(C(=O)O)C(O)C(O)C1OC(=O)CCCCCCC/C=C\CCCCCC)OC(=O)CCCCCCCCCCC. The van der Waals surface area contributed by atoms with Gasteiger partial charge in [-0.1, -0.05) is 166 Å². The minimum atomic E-state index is -1.90. The van der Waals surface area contributed by atoms with Crippen LogP contribution in [0.2, 0.25) is 0 Å². The molecule has 12 nitrogen and oxygen atoms in total. The van der Waals surface area contributed by atoms with Gasteiger partial charge in [-0.15, -0.1) is 0 Å². The van der Waals surface area contributed by atoms with Gasteiger partial charge in [0.15, 0.2) is 24.6 Å². The van der Waals surface area contributed by atoms with Gasteiger partial charge in [0.2, 0.25) is 0 Å². The Bertz CT molecular complexity index is 1330. The number of unbranched alkanes of at least 4 members (excludes halogenated alkanes) is 20. The molecule has 0 radical (unpaired) electrons. The van der Waals surface area contributed by atoms with E-state index in [1.165, 1.54) is 57.8 Å². The molecule has 0 bridgehead atoms. The number of allylic oxidation sites excluding steroid dienone is 8. The smallest absolute Gasteiger partial charge is 0.335 e. The van der Waals surface area contributed by atoms with Crippen LogP contribution in [0, 0.1) is 0 Å². The number of esters is 3. The highest BCUT2D eigenvalue weighted by Crippen LogP contribution is 2.26. The molecule has 1 saturated heterocycles. The first-order chi connectivity index (χ1) is 31.6. The summed E-state index contributed by atoms with van der Waals surface area (Å²) in [4.78, 5) is 50.7. The monoisotopic (exact) mass is 919 g/mol. The van der Waals surface area contributed by atoms with E-state index in [0.717, 1.165) is 96.3 Å². The lowest BCUT2D eigenvalue weighted by atomic mass is 9.98. The number of hydrogen-bond donors (Lipinski definition) is 3. The Morgan fingerprint density at radius 1 is 0.523 bits per heavy atom. The van der Waals surface area contributed by atoms with Crippen molar-refractivity contribution in [3.05, 3.63) is 48.6 Å². The third-order valence-corrected chi connectivity index (χ3v) is 11.4. The number of rotatable bonds is 42. The van der Waals surface area contributed by atoms with Gasteiger partial charge in [-0.05, 0) is 77.0 Å². The predicted octanol–water partition coefficient (Wildman–Crippen LogP) is 11.9. The van der Waals surface area contributed by atoms with Gasteiger partial charge >= 0.3 is 23.9 Å². The summed E-state index contributed by atoms with van der Waals surface area (Å²) in [5, 5.41) is 31.3.